The molecule has 0 atom stereocenters. The van der Waals surface area contributed by atoms with Gasteiger partial charge in [0.05, 0.1) is 7.11 Å². The molecule has 1 aromatic heterocycles. The second-order valence-corrected chi connectivity index (χ2v) is 2.78. The number of methoxy groups -OCH3 is 1. The van der Waals surface area contributed by atoms with E-state index in [1.54, 1.807) is 19.5 Å². The lowest BCUT2D eigenvalue weighted by Crippen LogP contribution is -1.92. The molecule has 66 valence electrons. The number of hydrogen-bond donors (Lipinski definition) is 0. The monoisotopic (exact) mass is 174 g/mol. The number of ether oxygens (including phenoxy) is 1. The molecule has 0 unspecified atom stereocenters. The Labute approximate surface area is 76.8 Å². The van der Waals surface area contributed by atoms with Crippen LogP contribution in [0, 0.1) is 0 Å². The van der Waals surface area contributed by atoms with Crippen molar-refractivity contribution in [3.63, 3.8) is 0 Å². The van der Waals surface area contributed by atoms with E-state index < -0.39 is 0 Å². The number of allylic oxidation sites excluding steroid dienone is 3. The zero-order chi connectivity index (χ0) is 9.10. The number of aromatic nitrogens is 2. The molecule has 0 aliphatic heterocycles. The standard InChI is InChI=1S/C10H10N2O/c1-13-9-4-3-8(7-9)10-11-5-2-6-12-10/h2-6H,7H2,1H3. The summed E-state index contributed by atoms with van der Waals surface area (Å²) >= 11 is 0. The highest BCUT2D eigenvalue weighted by Gasteiger charge is 2.11. The second kappa shape index (κ2) is 3.39. The minimum absolute atomic E-state index is 0.783. The molecule has 1 aliphatic carbocycles. The Balaban J connectivity index is 2.16. The minimum Gasteiger partial charge on any atom is -0.501 e. The van der Waals surface area contributed by atoms with Gasteiger partial charge in [-0.1, -0.05) is 6.08 Å². The fraction of sp³-hybridized carbons (Fsp3) is 0.200. The first-order valence-electron chi connectivity index (χ1n) is 4.11. The van der Waals surface area contributed by atoms with Gasteiger partial charge in [-0.2, -0.15) is 0 Å². The molecule has 0 spiro atoms. The summed E-state index contributed by atoms with van der Waals surface area (Å²) in [4.78, 5) is 8.32. The van der Waals surface area contributed by atoms with E-state index in [0.29, 0.717) is 0 Å². The number of nitrogens with zero attached hydrogens (tertiary/aromatic N) is 2. The van der Waals surface area contributed by atoms with Gasteiger partial charge in [-0.3, -0.25) is 0 Å². The van der Waals surface area contributed by atoms with Crippen molar-refractivity contribution >= 4 is 5.57 Å². The maximum absolute atomic E-state index is 5.12. The summed E-state index contributed by atoms with van der Waals surface area (Å²) in [6, 6.07) is 1.81. The topological polar surface area (TPSA) is 35.0 Å². The third-order valence-corrected chi connectivity index (χ3v) is 1.95. The number of rotatable bonds is 2. The third-order valence-electron chi connectivity index (χ3n) is 1.95. The molecule has 13 heavy (non-hydrogen) atoms. The van der Waals surface area contributed by atoms with Crippen LogP contribution >= 0.6 is 0 Å². The first kappa shape index (κ1) is 7.98. The summed E-state index contributed by atoms with van der Waals surface area (Å²) < 4.78 is 5.12. The zero-order valence-corrected chi connectivity index (χ0v) is 7.40. The van der Waals surface area contributed by atoms with Gasteiger partial charge in [-0.15, -0.1) is 0 Å². The summed E-state index contributed by atoms with van der Waals surface area (Å²) in [5.41, 5.74) is 1.11. The van der Waals surface area contributed by atoms with E-state index in [9.17, 15) is 0 Å². The highest BCUT2D eigenvalue weighted by molar-refractivity contribution is 5.66. The van der Waals surface area contributed by atoms with Gasteiger partial charge in [-0.05, 0) is 12.1 Å². The van der Waals surface area contributed by atoms with Crippen molar-refractivity contribution in [1.29, 1.82) is 0 Å². The highest BCUT2D eigenvalue weighted by atomic mass is 16.5. The van der Waals surface area contributed by atoms with Crippen molar-refractivity contribution in [2.75, 3.05) is 7.11 Å². The lowest BCUT2D eigenvalue weighted by molar-refractivity contribution is 0.288. The molecule has 2 rings (SSSR count). The molecule has 0 bridgehead atoms. The van der Waals surface area contributed by atoms with Crippen LogP contribution in [0.2, 0.25) is 0 Å². The van der Waals surface area contributed by atoms with Crippen LogP contribution < -0.4 is 0 Å². The van der Waals surface area contributed by atoms with E-state index in [0.717, 1.165) is 23.6 Å². The zero-order valence-electron chi connectivity index (χ0n) is 7.40. The second-order valence-electron chi connectivity index (χ2n) is 2.78. The first-order valence-corrected chi connectivity index (χ1v) is 4.11. The van der Waals surface area contributed by atoms with Crippen molar-refractivity contribution in [3.8, 4) is 0 Å². The molecule has 3 nitrogen and oxygen atoms in total. The van der Waals surface area contributed by atoms with E-state index in [1.807, 2.05) is 18.2 Å². The molecule has 0 N–H and O–H groups in total. The Bertz CT molecular complexity index is 354. The molecule has 0 radical (unpaired) electrons. The summed E-state index contributed by atoms with van der Waals surface area (Å²) in [6.45, 7) is 0. The van der Waals surface area contributed by atoms with E-state index in [2.05, 4.69) is 9.97 Å². The van der Waals surface area contributed by atoms with Gasteiger partial charge in [0.2, 0.25) is 0 Å². The van der Waals surface area contributed by atoms with Crippen LogP contribution in [-0.4, -0.2) is 17.1 Å². The maximum Gasteiger partial charge on any atom is 0.155 e. The lowest BCUT2D eigenvalue weighted by atomic mass is 10.2. The van der Waals surface area contributed by atoms with Crippen LogP contribution in [-0.2, 0) is 4.74 Å². The van der Waals surface area contributed by atoms with Crippen LogP contribution in [0.25, 0.3) is 5.57 Å². The van der Waals surface area contributed by atoms with E-state index in [4.69, 9.17) is 4.74 Å². The molecule has 0 saturated carbocycles. The van der Waals surface area contributed by atoms with Gasteiger partial charge < -0.3 is 4.74 Å². The maximum atomic E-state index is 5.12. The summed E-state index contributed by atoms with van der Waals surface area (Å²) in [5.74, 6) is 1.74. The van der Waals surface area contributed by atoms with Crippen LogP contribution in [0.1, 0.15) is 12.2 Å². The average molecular weight is 174 g/mol. The van der Waals surface area contributed by atoms with Crippen LogP contribution in [0.4, 0.5) is 0 Å². The molecular weight excluding hydrogens is 164 g/mol. The molecule has 1 heterocycles. The van der Waals surface area contributed by atoms with Crippen LogP contribution in [0.15, 0.2) is 36.4 Å². The molecule has 3 heteroatoms. The van der Waals surface area contributed by atoms with E-state index >= 15 is 0 Å². The summed E-state index contributed by atoms with van der Waals surface area (Å²) in [6.07, 6.45) is 8.22. The Kier molecular flexibility index (Phi) is 2.08. The largest absolute Gasteiger partial charge is 0.501 e. The SMILES string of the molecule is COC1=CC=C(c2ncccn2)C1. The molecule has 0 aromatic carbocycles. The van der Waals surface area contributed by atoms with Crippen LogP contribution in [0.3, 0.4) is 0 Å². The average Bonchev–Trinajstić information content (AvgIpc) is 2.67. The van der Waals surface area contributed by atoms with Crippen molar-refractivity contribution in [1.82, 2.24) is 9.97 Å². The van der Waals surface area contributed by atoms with E-state index in [-0.39, 0.29) is 0 Å². The Morgan fingerprint density at radius 3 is 2.62 bits per heavy atom. The molecular formula is C10H10N2O. The van der Waals surface area contributed by atoms with Gasteiger partial charge >= 0.3 is 0 Å². The smallest absolute Gasteiger partial charge is 0.155 e. The van der Waals surface area contributed by atoms with Crippen molar-refractivity contribution in [2.24, 2.45) is 0 Å². The Morgan fingerprint density at radius 1 is 1.23 bits per heavy atom. The first-order chi connectivity index (χ1) is 6.40. The molecule has 0 amide bonds. The highest BCUT2D eigenvalue weighted by Crippen LogP contribution is 2.25. The lowest BCUT2D eigenvalue weighted by Gasteiger charge is -2.01. The molecule has 0 fully saturated rings. The summed E-state index contributed by atoms with van der Waals surface area (Å²) in [7, 11) is 1.68. The van der Waals surface area contributed by atoms with Gasteiger partial charge in [0.25, 0.3) is 0 Å². The van der Waals surface area contributed by atoms with Crippen molar-refractivity contribution < 1.29 is 4.74 Å². The molecule has 1 aromatic rings. The normalized spacial score (nSPS) is 15.2. The Morgan fingerprint density at radius 2 is 2.00 bits per heavy atom. The molecule has 0 saturated heterocycles. The van der Waals surface area contributed by atoms with Gasteiger partial charge in [-0.25, -0.2) is 9.97 Å². The fourth-order valence-electron chi connectivity index (χ4n) is 1.26. The fourth-order valence-corrected chi connectivity index (χ4v) is 1.26. The van der Waals surface area contributed by atoms with E-state index in [1.165, 1.54) is 0 Å². The van der Waals surface area contributed by atoms with Gasteiger partial charge in [0.1, 0.15) is 5.76 Å². The quantitative estimate of drug-likeness (QED) is 0.685. The van der Waals surface area contributed by atoms with Crippen LogP contribution in [0.5, 0.6) is 0 Å². The third kappa shape index (κ3) is 1.59. The predicted molar refractivity (Wildman–Crippen MR) is 49.7 cm³/mol. The Hall–Kier alpha value is -1.64. The van der Waals surface area contributed by atoms with Gasteiger partial charge in [0.15, 0.2) is 5.82 Å². The summed E-state index contributed by atoms with van der Waals surface area (Å²) in [5, 5.41) is 0. The van der Waals surface area contributed by atoms with Crippen molar-refractivity contribution in [2.45, 2.75) is 6.42 Å². The predicted octanol–water partition coefficient (Wildman–Crippen LogP) is 1.79. The van der Waals surface area contributed by atoms with Gasteiger partial charge in [0, 0.05) is 24.4 Å². The molecule has 1 aliphatic rings. The van der Waals surface area contributed by atoms with Crippen molar-refractivity contribution in [3.05, 3.63) is 42.2 Å². The minimum atomic E-state index is 0.783. The number of hydrogen-bond acceptors (Lipinski definition) is 3.